The molecule has 130 valence electrons. The van der Waals surface area contributed by atoms with Gasteiger partial charge in [-0.25, -0.2) is 0 Å². The highest BCUT2D eigenvalue weighted by Gasteiger charge is 2.36. The van der Waals surface area contributed by atoms with Crippen LogP contribution >= 0.6 is 0 Å². The van der Waals surface area contributed by atoms with Crippen LogP contribution in [0, 0.1) is 5.41 Å². The van der Waals surface area contributed by atoms with E-state index in [2.05, 4.69) is 6.92 Å². The van der Waals surface area contributed by atoms with Gasteiger partial charge < -0.3 is 11.5 Å². The Morgan fingerprint density at radius 3 is 1.32 bits per heavy atom. The zero-order valence-electron chi connectivity index (χ0n) is 14.7. The normalized spacial score (nSPS) is 11.5. The van der Waals surface area contributed by atoms with E-state index in [-0.39, 0.29) is 0 Å². The fourth-order valence-corrected chi connectivity index (χ4v) is 2.69. The summed E-state index contributed by atoms with van der Waals surface area (Å²) in [5, 5.41) is 0. The van der Waals surface area contributed by atoms with Crippen molar-refractivity contribution in [3.05, 3.63) is 0 Å². The topological polar surface area (TPSA) is 86.2 Å². The number of unbranched alkanes of at least 4 members (excludes halogenated alkanes) is 11. The lowest BCUT2D eigenvalue weighted by molar-refractivity contribution is -0.139. The Labute approximate surface area is 136 Å². The number of primary amides is 2. The van der Waals surface area contributed by atoms with Gasteiger partial charge in [-0.1, -0.05) is 84.0 Å². The van der Waals surface area contributed by atoms with Gasteiger partial charge in [0.25, 0.3) is 0 Å². The van der Waals surface area contributed by atoms with Crippen LogP contribution in [-0.2, 0) is 9.59 Å². The zero-order valence-corrected chi connectivity index (χ0v) is 14.7. The first-order valence-corrected chi connectivity index (χ1v) is 9.05. The molecule has 0 aliphatic heterocycles. The van der Waals surface area contributed by atoms with Crippen molar-refractivity contribution in [2.75, 3.05) is 0 Å². The minimum Gasteiger partial charge on any atom is -0.369 e. The fraction of sp³-hybridized carbons (Fsp3) is 0.889. The third kappa shape index (κ3) is 9.06. The molecule has 4 N–H and O–H groups in total. The first kappa shape index (κ1) is 20.9. The zero-order chi connectivity index (χ0) is 16.8. The quantitative estimate of drug-likeness (QED) is 0.353. The number of carbonyl (C=O) groups is 2. The maximum Gasteiger partial charge on any atom is 0.232 e. The molecule has 4 heteroatoms. The van der Waals surface area contributed by atoms with E-state index in [1.54, 1.807) is 6.92 Å². The SMILES string of the molecule is CCCCCCCCCCCCCCC(C)(C(N)=O)C(N)=O. The van der Waals surface area contributed by atoms with Crippen molar-refractivity contribution >= 4 is 11.8 Å². The number of nitrogens with two attached hydrogens (primary N) is 2. The van der Waals surface area contributed by atoms with E-state index in [4.69, 9.17) is 11.5 Å². The minimum atomic E-state index is -1.18. The van der Waals surface area contributed by atoms with Crippen LogP contribution in [0.3, 0.4) is 0 Å². The molecule has 0 unspecified atom stereocenters. The molecule has 22 heavy (non-hydrogen) atoms. The molecule has 0 radical (unpaired) electrons. The lowest BCUT2D eigenvalue weighted by Crippen LogP contribution is -2.45. The highest BCUT2D eigenvalue weighted by atomic mass is 16.2. The van der Waals surface area contributed by atoms with Crippen LogP contribution in [-0.4, -0.2) is 11.8 Å². The summed E-state index contributed by atoms with van der Waals surface area (Å²) in [6.45, 7) is 3.80. The summed E-state index contributed by atoms with van der Waals surface area (Å²) in [4.78, 5) is 22.6. The van der Waals surface area contributed by atoms with E-state index < -0.39 is 17.2 Å². The monoisotopic (exact) mass is 312 g/mol. The smallest absolute Gasteiger partial charge is 0.232 e. The Kier molecular flexibility index (Phi) is 11.9. The number of amides is 2. The molecule has 0 atom stereocenters. The summed E-state index contributed by atoms with van der Waals surface area (Å²) in [5.41, 5.74) is 9.36. The van der Waals surface area contributed by atoms with Crippen LogP contribution in [0.2, 0.25) is 0 Å². The second-order valence-corrected chi connectivity index (χ2v) is 6.70. The largest absolute Gasteiger partial charge is 0.369 e. The van der Waals surface area contributed by atoms with Crippen molar-refractivity contribution in [1.29, 1.82) is 0 Å². The molecule has 0 aliphatic carbocycles. The van der Waals surface area contributed by atoms with Crippen LogP contribution in [0.15, 0.2) is 0 Å². The predicted octanol–water partition coefficient (Wildman–Crippen LogP) is 4.05. The second-order valence-electron chi connectivity index (χ2n) is 6.70. The molecule has 0 saturated heterocycles. The first-order valence-electron chi connectivity index (χ1n) is 9.05. The van der Waals surface area contributed by atoms with Gasteiger partial charge in [0.15, 0.2) is 0 Å². The van der Waals surface area contributed by atoms with E-state index in [1.165, 1.54) is 57.8 Å². The van der Waals surface area contributed by atoms with Crippen molar-refractivity contribution in [2.24, 2.45) is 16.9 Å². The molecule has 0 aliphatic rings. The molecule has 2 amide bonds. The highest BCUT2D eigenvalue weighted by Crippen LogP contribution is 2.24. The maximum atomic E-state index is 11.3. The standard InChI is InChI=1S/C18H36N2O2/c1-3-4-5-6-7-8-9-10-11-12-13-14-15-18(2,16(19)21)17(20)22/h3-15H2,1-2H3,(H2,19,21)(H2,20,22). The van der Waals surface area contributed by atoms with Gasteiger partial charge in [0.05, 0.1) is 0 Å². The Morgan fingerprint density at radius 1 is 0.682 bits per heavy atom. The van der Waals surface area contributed by atoms with Crippen LogP contribution in [0.1, 0.15) is 97.3 Å². The van der Waals surface area contributed by atoms with Crippen LogP contribution < -0.4 is 11.5 Å². The van der Waals surface area contributed by atoms with Crippen molar-refractivity contribution in [3.63, 3.8) is 0 Å². The van der Waals surface area contributed by atoms with Gasteiger partial charge >= 0.3 is 0 Å². The Hall–Kier alpha value is -1.06. The van der Waals surface area contributed by atoms with E-state index >= 15 is 0 Å². The molecule has 0 aromatic heterocycles. The Morgan fingerprint density at radius 2 is 1.00 bits per heavy atom. The van der Waals surface area contributed by atoms with Crippen molar-refractivity contribution in [2.45, 2.75) is 97.3 Å². The first-order chi connectivity index (χ1) is 10.4. The molecular weight excluding hydrogens is 276 g/mol. The molecular formula is C18H36N2O2. The van der Waals surface area contributed by atoms with Gasteiger partial charge in [-0.05, 0) is 13.3 Å². The minimum absolute atomic E-state index is 0.467. The van der Waals surface area contributed by atoms with Crippen LogP contribution in [0.25, 0.3) is 0 Å². The molecule has 0 bridgehead atoms. The van der Waals surface area contributed by atoms with Gasteiger partial charge in [-0.3, -0.25) is 9.59 Å². The summed E-state index contributed by atoms with van der Waals surface area (Å²) in [6.07, 6.45) is 15.5. The van der Waals surface area contributed by atoms with E-state index in [9.17, 15) is 9.59 Å². The number of hydrogen-bond donors (Lipinski definition) is 2. The summed E-state index contributed by atoms with van der Waals surface area (Å²) in [5.74, 6) is -1.22. The van der Waals surface area contributed by atoms with Gasteiger partial charge in [-0.15, -0.1) is 0 Å². The molecule has 4 nitrogen and oxygen atoms in total. The average Bonchev–Trinajstić information content (AvgIpc) is 2.47. The third-order valence-electron chi connectivity index (χ3n) is 4.62. The summed E-state index contributed by atoms with van der Waals surface area (Å²) >= 11 is 0. The Bertz CT molecular complexity index is 302. The molecule has 0 heterocycles. The van der Waals surface area contributed by atoms with E-state index in [0.717, 1.165) is 19.3 Å². The Balaban J connectivity index is 3.47. The lowest BCUT2D eigenvalue weighted by atomic mass is 9.83. The fourth-order valence-electron chi connectivity index (χ4n) is 2.69. The molecule has 0 rings (SSSR count). The number of hydrogen-bond acceptors (Lipinski definition) is 2. The molecule has 0 saturated carbocycles. The average molecular weight is 312 g/mol. The molecule has 0 spiro atoms. The summed E-state index contributed by atoms with van der Waals surface area (Å²) < 4.78 is 0. The molecule has 0 aromatic carbocycles. The van der Waals surface area contributed by atoms with Crippen molar-refractivity contribution < 1.29 is 9.59 Å². The van der Waals surface area contributed by atoms with Crippen molar-refractivity contribution in [1.82, 2.24) is 0 Å². The van der Waals surface area contributed by atoms with Crippen LogP contribution in [0.5, 0.6) is 0 Å². The van der Waals surface area contributed by atoms with Gasteiger partial charge in [0, 0.05) is 0 Å². The van der Waals surface area contributed by atoms with Gasteiger partial charge in [0.2, 0.25) is 11.8 Å². The molecule has 0 fully saturated rings. The van der Waals surface area contributed by atoms with E-state index in [0.29, 0.717) is 6.42 Å². The van der Waals surface area contributed by atoms with E-state index in [1.807, 2.05) is 0 Å². The lowest BCUT2D eigenvalue weighted by Gasteiger charge is -2.21. The number of carbonyl (C=O) groups excluding carboxylic acids is 2. The maximum absolute atomic E-state index is 11.3. The van der Waals surface area contributed by atoms with Gasteiger partial charge in [0.1, 0.15) is 5.41 Å². The summed E-state index contributed by atoms with van der Waals surface area (Å²) in [6, 6.07) is 0. The molecule has 0 aromatic rings. The second kappa shape index (κ2) is 12.5. The third-order valence-corrected chi connectivity index (χ3v) is 4.62. The van der Waals surface area contributed by atoms with Crippen LogP contribution in [0.4, 0.5) is 0 Å². The van der Waals surface area contributed by atoms with Crippen molar-refractivity contribution in [3.8, 4) is 0 Å². The highest BCUT2D eigenvalue weighted by molar-refractivity contribution is 6.03. The number of rotatable bonds is 15. The predicted molar refractivity (Wildman–Crippen MR) is 92.2 cm³/mol. The van der Waals surface area contributed by atoms with Gasteiger partial charge in [-0.2, -0.15) is 0 Å². The summed E-state index contributed by atoms with van der Waals surface area (Å²) in [7, 11) is 0.